The number of para-hydroxylation sites is 3. The average molecular weight is 835 g/mol. The first-order chi connectivity index (χ1) is 31.7. The Morgan fingerprint density at radius 1 is 0.359 bits per heavy atom. The molecule has 0 saturated heterocycles. The Kier molecular flexibility index (Phi) is 9.28. The summed E-state index contributed by atoms with van der Waals surface area (Å²) in [6.45, 7) is 2.26. The molecule has 0 radical (unpaired) electrons. The summed E-state index contributed by atoms with van der Waals surface area (Å²) in [7, 11) is 0. The summed E-state index contributed by atoms with van der Waals surface area (Å²) < 4.78 is 5.01. The van der Waals surface area contributed by atoms with Crippen LogP contribution >= 0.6 is 11.3 Å². The lowest BCUT2D eigenvalue weighted by Crippen LogP contribution is -2.11. The minimum Gasteiger partial charge on any atom is -0.310 e. The molecule has 0 aliphatic carbocycles. The highest BCUT2D eigenvalue weighted by atomic mass is 32.1. The van der Waals surface area contributed by atoms with Crippen LogP contribution in [0.25, 0.3) is 92.2 Å². The standard InChI is InChI=1S/C61H42N2S/c1-41-37-47(38-53(44-21-7-3-8-22-44)60(41)45-23-9-4-10-24-45)62(46-35-33-43(34-36-46)42-19-5-2-6-20-42)48-39-54(61-55(40-48)52-28-14-18-32-59(52)64-61)51-27-13-17-31-58(51)63-56-29-15-11-25-49(56)50-26-12-16-30-57(50)63/h2-40H,1H3. The lowest BCUT2D eigenvalue weighted by Gasteiger charge is -2.29. The lowest BCUT2D eigenvalue weighted by atomic mass is 9.90. The SMILES string of the molecule is Cc1cc(N(c2ccc(-c3ccccc3)cc2)c2cc(-c3ccccc3-n3c4ccccc4c4ccccc43)c3sc4ccccc4c3c2)cc(-c2ccccc2)c1-c1ccccc1. The number of aryl methyl sites for hydroxylation is 1. The minimum atomic E-state index is 1.09. The first-order valence-electron chi connectivity index (χ1n) is 21.9. The molecule has 0 atom stereocenters. The van der Waals surface area contributed by atoms with Crippen LogP contribution in [0.2, 0.25) is 0 Å². The van der Waals surface area contributed by atoms with E-state index in [1.165, 1.54) is 92.0 Å². The molecule has 0 saturated carbocycles. The molecule has 2 heterocycles. The normalized spacial score (nSPS) is 11.5. The molecule has 3 heteroatoms. The number of nitrogens with zero attached hydrogens (tertiary/aromatic N) is 2. The lowest BCUT2D eigenvalue weighted by molar-refractivity contribution is 1.18. The summed E-state index contributed by atoms with van der Waals surface area (Å²) in [6.07, 6.45) is 0. The summed E-state index contributed by atoms with van der Waals surface area (Å²) in [5.74, 6) is 0. The molecule has 0 N–H and O–H groups in total. The fourth-order valence-corrected chi connectivity index (χ4v) is 11.0. The minimum absolute atomic E-state index is 1.09. The Balaban J connectivity index is 1.15. The van der Waals surface area contributed by atoms with Gasteiger partial charge in [0, 0.05) is 59.1 Å². The maximum absolute atomic E-state index is 2.47. The Labute approximate surface area is 377 Å². The average Bonchev–Trinajstić information content (AvgIpc) is 3.91. The maximum atomic E-state index is 2.47. The van der Waals surface area contributed by atoms with E-state index in [4.69, 9.17) is 0 Å². The molecule has 0 aliphatic heterocycles. The summed E-state index contributed by atoms with van der Waals surface area (Å²) in [5.41, 5.74) is 17.7. The number of fused-ring (bicyclic) bond motifs is 6. The third-order valence-electron chi connectivity index (χ3n) is 12.7. The van der Waals surface area contributed by atoms with Gasteiger partial charge in [0.1, 0.15) is 0 Å². The van der Waals surface area contributed by atoms with Gasteiger partial charge in [0.15, 0.2) is 0 Å². The summed E-state index contributed by atoms with van der Waals surface area (Å²) in [5, 5.41) is 5.02. The topological polar surface area (TPSA) is 8.17 Å². The van der Waals surface area contributed by atoms with Gasteiger partial charge in [0.2, 0.25) is 0 Å². The van der Waals surface area contributed by atoms with Gasteiger partial charge in [-0.2, -0.15) is 0 Å². The third-order valence-corrected chi connectivity index (χ3v) is 13.9. The maximum Gasteiger partial charge on any atom is 0.0541 e. The van der Waals surface area contributed by atoms with Crippen LogP contribution in [0.15, 0.2) is 237 Å². The van der Waals surface area contributed by atoms with E-state index in [2.05, 4.69) is 253 Å². The Hall–Kier alpha value is -7.98. The second-order valence-corrected chi connectivity index (χ2v) is 17.6. The van der Waals surface area contributed by atoms with Gasteiger partial charge in [-0.05, 0) is 107 Å². The predicted molar refractivity (Wildman–Crippen MR) is 275 cm³/mol. The Morgan fingerprint density at radius 2 is 0.875 bits per heavy atom. The van der Waals surface area contributed by atoms with Crippen LogP contribution < -0.4 is 4.90 Å². The van der Waals surface area contributed by atoms with Crippen molar-refractivity contribution in [3.8, 4) is 50.2 Å². The van der Waals surface area contributed by atoms with Crippen LogP contribution in [-0.4, -0.2) is 4.57 Å². The van der Waals surface area contributed by atoms with Gasteiger partial charge >= 0.3 is 0 Å². The van der Waals surface area contributed by atoms with E-state index >= 15 is 0 Å². The third kappa shape index (κ3) is 6.40. The van der Waals surface area contributed by atoms with Crippen molar-refractivity contribution in [3.63, 3.8) is 0 Å². The highest BCUT2D eigenvalue weighted by Crippen LogP contribution is 2.49. The summed E-state index contributed by atoms with van der Waals surface area (Å²) in [6, 6.07) is 86.5. The van der Waals surface area contributed by atoms with Crippen LogP contribution in [0, 0.1) is 6.92 Å². The Morgan fingerprint density at radius 3 is 1.56 bits per heavy atom. The van der Waals surface area contributed by atoms with Crippen LogP contribution in [0.3, 0.4) is 0 Å². The van der Waals surface area contributed by atoms with Gasteiger partial charge in [-0.1, -0.05) is 176 Å². The van der Waals surface area contributed by atoms with Crippen molar-refractivity contribution in [2.45, 2.75) is 6.92 Å². The van der Waals surface area contributed by atoms with Gasteiger partial charge in [-0.15, -0.1) is 11.3 Å². The van der Waals surface area contributed by atoms with Crippen molar-refractivity contribution in [1.29, 1.82) is 0 Å². The zero-order chi connectivity index (χ0) is 42.6. The monoisotopic (exact) mass is 834 g/mol. The number of hydrogen-bond donors (Lipinski definition) is 0. The van der Waals surface area contributed by atoms with E-state index in [0.717, 1.165) is 22.7 Å². The zero-order valence-electron chi connectivity index (χ0n) is 35.3. The molecule has 0 aliphatic rings. The van der Waals surface area contributed by atoms with Crippen LogP contribution in [-0.2, 0) is 0 Å². The van der Waals surface area contributed by atoms with E-state index in [1.807, 2.05) is 11.3 Å². The smallest absolute Gasteiger partial charge is 0.0541 e. The molecule has 10 aromatic carbocycles. The largest absolute Gasteiger partial charge is 0.310 e. The summed E-state index contributed by atoms with van der Waals surface area (Å²) in [4.78, 5) is 2.47. The highest BCUT2D eigenvalue weighted by Gasteiger charge is 2.23. The van der Waals surface area contributed by atoms with Crippen molar-refractivity contribution in [1.82, 2.24) is 4.57 Å². The quantitative estimate of drug-likeness (QED) is 0.148. The zero-order valence-corrected chi connectivity index (χ0v) is 36.1. The van der Waals surface area contributed by atoms with E-state index in [-0.39, 0.29) is 0 Å². The fraction of sp³-hybridized carbons (Fsp3) is 0.0164. The predicted octanol–water partition coefficient (Wildman–Crippen LogP) is 17.6. The molecule has 64 heavy (non-hydrogen) atoms. The van der Waals surface area contributed by atoms with E-state index < -0.39 is 0 Å². The number of anilines is 3. The first kappa shape index (κ1) is 37.8. The molecule has 0 unspecified atom stereocenters. The second-order valence-electron chi connectivity index (χ2n) is 16.5. The Bertz CT molecular complexity index is 3610. The number of hydrogen-bond acceptors (Lipinski definition) is 2. The molecule has 12 aromatic rings. The van der Waals surface area contributed by atoms with E-state index in [9.17, 15) is 0 Å². The molecular weight excluding hydrogens is 793 g/mol. The molecule has 12 rings (SSSR count). The highest BCUT2D eigenvalue weighted by molar-refractivity contribution is 7.26. The van der Waals surface area contributed by atoms with Crippen molar-refractivity contribution in [2.75, 3.05) is 4.90 Å². The van der Waals surface area contributed by atoms with Gasteiger partial charge in [0.05, 0.1) is 16.7 Å². The van der Waals surface area contributed by atoms with Crippen LogP contribution in [0.4, 0.5) is 17.1 Å². The molecule has 2 nitrogen and oxygen atoms in total. The van der Waals surface area contributed by atoms with Gasteiger partial charge in [-0.25, -0.2) is 0 Å². The molecule has 302 valence electrons. The summed E-state index contributed by atoms with van der Waals surface area (Å²) >= 11 is 1.88. The van der Waals surface area contributed by atoms with Crippen molar-refractivity contribution in [3.05, 3.63) is 242 Å². The number of benzene rings is 10. The van der Waals surface area contributed by atoms with Crippen LogP contribution in [0.5, 0.6) is 0 Å². The number of aromatic nitrogens is 1. The van der Waals surface area contributed by atoms with Gasteiger partial charge in [0.25, 0.3) is 0 Å². The molecular formula is C61H42N2S. The van der Waals surface area contributed by atoms with Crippen LogP contribution in [0.1, 0.15) is 5.56 Å². The second kappa shape index (κ2) is 15.7. The van der Waals surface area contributed by atoms with Crippen molar-refractivity contribution >= 4 is 70.4 Å². The molecule has 0 spiro atoms. The number of thiophene rings is 1. The fourth-order valence-electron chi connectivity index (χ4n) is 9.83. The first-order valence-corrected chi connectivity index (χ1v) is 22.7. The number of rotatable bonds is 8. The molecule has 0 amide bonds. The van der Waals surface area contributed by atoms with Gasteiger partial charge < -0.3 is 9.47 Å². The molecule has 2 aromatic heterocycles. The van der Waals surface area contributed by atoms with Gasteiger partial charge in [-0.3, -0.25) is 0 Å². The van der Waals surface area contributed by atoms with E-state index in [1.54, 1.807) is 0 Å². The van der Waals surface area contributed by atoms with E-state index in [0.29, 0.717) is 0 Å². The van der Waals surface area contributed by atoms with Crippen molar-refractivity contribution < 1.29 is 0 Å². The molecule has 0 fully saturated rings. The molecule has 0 bridgehead atoms. The van der Waals surface area contributed by atoms with Crippen molar-refractivity contribution in [2.24, 2.45) is 0 Å².